The van der Waals surface area contributed by atoms with Crippen LogP contribution in [0.15, 0.2) is 18.2 Å². The maximum absolute atomic E-state index is 13.0. The summed E-state index contributed by atoms with van der Waals surface area (Å²) in [6.45, 7) is 1.51. The number of rotatable bonds is 1. The zero-order valence-corrected chi connectivity index (χ0v) is 8.72. The quantitative estimate of drug-likeness (QED) is 0.747. The minimum atomic E-state index is -0.197. The van der Waals surface area contributed by atoms with Gasteiger partial charge in [-0.25, -0.2) is 4.39 Å². The highest BCUT2D eigenvalue weighted by Gasteiger charge is 2.19. The van der Waals surface area contributed by atoms with Gasteiger partial charge < -0.3 is 5.32 Å². The Labute approximate surface area is 88.5 Å². The molecular formula is C12H14FNO. The van der Waals surface area contributed by atoms with Crippen LogP contribution in [0.2, 0.25) is 0 Å². The van der Waals surface area contributed by atoms with E-state index in [0.29, 0.717) is 0 Å². The van der Waals surface area contributed by atoms with Gasteiger partial charge in [0.2, 0.25) is 5.91 Å². The molecule has 80 valence electrons. The van der Waals surface area contributed by atoms with Gasteiger partial charge in [0.1, 0.15) is 5.82 Å². The molecule has 2 rings (SSSR count). The second kappa shape index (κ2) is 4.01. The van der Waals surface area contributed by atoms with E-state index in [-0.39, 0.29) is 17.8 Å². The summed E-state index contributed by atoms with van der Waals surface area (Å²) in [7, 11) is 0. The van der Waals surface area contributed by atoms with Crippen molar-refractivity contribution in [3.05, 3.63) is 35.1 Å². The van der Waals surface area contributed by atoms with E-state index in [2.05, 4.69) is 5.32 Å². The number of amides is 1. The molecular weight excluding hydrogens is 193 g/mol. The Bertz CT molecular complexity index is 389. The fourth-order valence-electron chi connectivity index (χ4n) is 2.14. The van der Waals surface area contributed by atoms with Crippen LogP contribution in [-0.4, -0.2) is 11.9 Å². The van der Waals surface area contributed by atoms with Crippen molar-refractivity contribution in [3.63, 3.8) is 0 Å². The first kappa shape index (κ1) is 10.1. The standard InChI is InChI=1S/C12H14FNO/c1-8(15)14-12-5-3-9-2-4-11(13)6-10(9)7-12/h2,4,6,12H,3,5,7H2,1H3,(H,14,15)/t12-/m0/s1. The molecule has 15 heavy (non-hydrogen) atoms. The van der Waals surface area contributed by atoms with Gasteiger partial charge in [-0.05, 0) is 42.5 Å². The molecule has 2 nitrogen and oxygen atoms in total. The van der Waals surface area contributed by atoms with E-state index in [1.54, 1.807) is 6.07 Å². The highest BCUT2D eigenvalue weighted by Crippen LogP contribution is 2.22. The Morgan fingerprint density at radius 3 is 3.00 bits per heavy atom. The number of halogens is 1. The molecule has 1 atom stereocenters. The van der Waals surface area contributed by atoms with Crippen LogP contribution in [0.1, 0.15) is 24.5 Å². The van der Waals surface area contributed by atoms with Crippen molar-refractivity contribution in [2.24, 2.45) is 0 Å². The average molecular weight is 207 g/mol. The van der Waals surface area contributed by atoms with Crippen molar-refractivity contribution in [3.8, 4) is 0 Å². The van der Waals surface area contributed by atoms with E-state index >= 15 is 0 Å². The average Bonchev–Trinajstić information content (AvgIpc) is 2.16. The fourth-order valence-corrected chi connectivity index (χ4v) is 2.14. The van der Waals surface area contributed by atoms with Crippen LogP contribution in [0.5, 0.6) is 0 Å². The van der Waals surface area contributed by atoms with Crippen LogP contribution in [0.3, 0.4) is 0 Å². The van der Waals surface area contributed by atoms with Crippen LogP contribution in [0.4, 0.5) is 4.39 Å². The van der Waals surface area contributed by atoms with Gasteiger partial charge in [0, 0.05) is 13.0 Å². The second-order valence-corrected chi connectivity index (χ2v) is 4.05. The zero-order valence-electron chi connectivity index (χ0n) is 8.72. The molecule has 1 aliphatic rings. The monoisotopic (exact) mass is 207 g/mol. The van der Waals surface area contributed by atoms with Crippen molar-refractivity contribution >= 4 is 5.91 Å². The predicted octanol–water partition coefficient (Wildman–Crippen LogP) is 1.82. The van der Waals surface area contributed by atoms with E-state index in [1.807, 2.05) is 6.07 Å². The van der Waals surface area contributed by atoms with Gasteiger partial charge in [0.05, 0.1) is 0 Å². The van der Waals surface area contributed by atoms with E-state index in [0.717, 1.165) is 24.8 Å². The van der Waals surface area contributed by atoms with E-state index in [4.69, 9.17) is 0 Å². The number of hydrogen-bond acceptors (Lipinski definition) is 1. The van der Waals surface area contributed by atoms with Crippen molar-refractivity contribution in [1.29, 1.82) is 0 Å². The van der Waals surface area contributed by atoms with Gasteiger partial charge in [-0.1, -0.05) is 6.07 Å². The Kier molecular flexibility index (Phi) is 2.71. The maximum atomic E-state index is 13.0. The maximum Gasteiger partial charge on any atom is 0.217 e. The number of carbonyl (C=O) groups excluding carboxylic acids is 1. The van der Waals surface area contributed by atoms with Crippen LogP contribution in [0, 0.1) is 5.82 Å². The summed E-state index contributed by atoms with van der Waals surface area (Å²) < 4.78 is 13.0. The van der Waals surface area contributed by atoms with Crippen molar-refractivity contribution in [1.82, 2.24) is 5.32 Å². The third-order valence-electron chi connectivity index (χ3n) is 2.80. The molecule has 1 N–H and O–H groups in total. The number of nitrogens with one attached hydrogen (secondary N) is 1. The van der Waals surface area contributed by atoms with Gasteiger partial charge >= 0.3 is 0 Å². The molecule has 0 saturated carbocycles. The lowest BCUT2D eigenvalue weighted by atomic mass is 9.88. The molecule has 0 unspecified atom stereocenters. The number of benzene rings is 1. The summed E-state index contributed by atoms with van der Waals surface area (Å²) in [4.78, 5) is 10.9. The first-order valence-electron chi connectivity index (χ1n) is 5.19. The summed E-state index contributed by atoms with van der Waals surface area (Å²) in [5.41, 5.74) is 2.23. The molecule has 0 radical (unpaired) electrons. The van der Waals surface area contributed by atoms with Crippen LogP contribution < -0.4 is 5.32 Å². The van der Waals surface area contributed by atoms with Crippen LogP contribution in [-0.2, 0) is 17.6 Å². The van der Waals surface area contributed by atoms with Gasteiger partial charge in [0.15, 0.2) is 0 Å². The molecule has 0 bridgehead atoms. The lowest BCUT2D eigenvalue weighted by Crippen LogP contribution is -2.37. The lowest BCUT2D eigenvalue weighted by Gasteiger charge is -2.25. The number of fused-ring (bicyclic) bond motifs is 1. The smallest absolute Gasteiger partial charge is 0.217 e. The minimum Gasteiger partial charge on any atom is -0.353 e. The Morgan fingerprint density at radius 1 is 1.47 bits per heavy atom. The normalized spacial score (nSPS) is 19.5. The molecule has 0 spiro atoms. The largest absolute Gasteiger partial charge is 0.353 e. The zero-order chi connectivity index (χ0) is 10.8. The molecule has 1 amide bonds. The van der Waals surface area contributed by atoms with Crippen LogP contribution in [0.25, 0.3) is 0 Å². The number of carbonyl (C=O) groups is 1. The molecule has 0 aromatic heterocycles. The Morgan fingerprint density at radius 2 is 2.27 bits per heavy atom. The van der Waals surface area contributed by atoms with Crippen molar-refractivity contribution in [2.45, 2.75) is 32.2 Å². The summed E-state index contributed by atoms with van der Waals surface area (Å²) >= 11 is 0. The van der Waals surface area contributed by atoms with E-state index < -0.39 is 0 Å². The molecule has 0 aliphatic heterocycles. The molecule has 1 aromatic carbocycles. The van der Waals surface area contributed by atoms with E-state index in [1.165, 1.54) is 18.6 Å². The van der Waals surface area contributed by atoms with Crippen molar-refractivity contribution in [2.75, 3.05) is 0 Å². The number of aryl methyl sites for hydroxylation is 1. The minimum absolute atomic E-state index is 0.0140. The molecule has 1 aliphatic carbocycles. The van der Waals surface area contributed by atoms with Gasteiger partial charge in [-0.15, -0.1) is 0 Å². The molecule has 1 aromatic rings. The summed E-state index contributed by atoms with van der Waals surface area (Å²) in [6.07, 6.45) is 2.60. The number of hydrogen-bond donors (Lipinski definition) is 1. The SMILES string of the molecule is CC(=O)N[C@H]1CCc2ccc(F)cc2C1. The van der Waals surface area contributed by atoms with Crippen molar-refractivity contribution < 1.29 is 9.18 Å². The summed E-state index contributed by atoms with van der Waals surface area (Å²) in [5.74, 6) is -0.211. The second-order valence-electron chi connectivity index (χ2n) is 4.05. The lowest BCUT2D eigenvalue weighted by molar-refractivity contribution is -0.119. The molecule has 0 fully saturated rings. The third kappa shape index (κ3) is 2.35. The molecule has 3 heteroatoms. The topological polar surface area (TPSA) is 29.1 Å². The van der Waals surface area contributed by atoms with E-state index in [9.17, 15) is 9.18 Å². The molecule has 0 heterocycles. The van der Waals surface area contributed by atoms with Crippen LogP contribution >= 0.6 is 0 Å². The third-order valence-corrected chi connectivity index (χ3v) is 2.80. The fraction of sp³-hybridized carbons (Fsp3) is 0.417. The van der Waals surface area contributed by atoms with Gasteiger partial charge in [-0.2, -0.15) is 0 Å². The Balaban J connectivity index is 2.14. The first-order valence-corrected chi connectivity index (χ1v) is 5.19. The summed E-state index contributed by atoms with van der Waals surface area (Å²) in [6, 6.07) is 5.08. The Hall–Kier alpha value is -1.38. The highest BCUT2D eigenvalue weighted by molar-refractivity contribution is 5.73. The van der Waals surface area contributed by atoms with Gasteiger partial charge in [0.25, 0.3) is 0 Å². The first-order chi connectivity index (χ1) is 7.15. The predicted molar refractivity (Wildman–Crippen MR) is 56.0 cm³/mol. The highest BCUT2D eigenvalue weighted by atomic mass is 19.1. The molecule has 0 saturated heterocycles. The summed E-state index contributed by atoms with van der Waals surface area (Å²) in [5, 5.41) is 2.88. The van der Waals surface area contributed by atoms with Gasteiger partial charge in [-0.3, -0.25) is 4.79 Å².